The van der Waals surface area contributed by atoms with Crippen LogP contribution in [-0.4, -0.2) is 70.7 Å². The molecule has 1 unspecified atom stereocenters. The maximum atomic E-state index is 12.8. The number of carbonyl (C=O) groups excluding carboxylic acids is 3. The Labute approximate surface area is 137 Å². The molecule has 6 heteroatoms. The van der Waals surface area contributed by atoms with Gasteiger partial charge in [-0.3, -0.25) is 14.4 Å². The van der Waals surface area contributed by atoms with Crippen molar-refractivity contribution in [1.29, 1.82) is 0 Å². The summed E-state index contributed by atoms with van der Waals surface area (Å²) in [5, 5.41) is 0. The lowest BCUT2D eigenvalue weighted by Crippen LogP contribution is -2.53. The quantitative estimate of drug-likeness (QED) is 0.776. The van der Waals surface area contributed by atoms with E-state index in [0.717, 1.165) is 32.2 Å². The summed E-state index contributed by atoms with van der Waals surface area (Å²) in [6, 6.07) is -0.00230. The van der Waals surface area contributed by atoms with Crippen LogP contribution in [0.15, 0.2) is 0 Å². The summed E-state index contributed by atoms with van der Waals surface area (Å²) in [7, 11) is 0. The average molecular weight is 321 g/mol. The maximum Gasteiger partial charge on any atom is 0.245 e. The van der Waals surface area contributed by atoms with Gasteiger partial charge in [0.05, 0.1) is 0 Å². The molecule has 3 aliphatic rings. The second kappa shape index (κ2) is 6.89. The second-order valence-electron chi connectivity index (χ2n) is 6.86. The Morgan fingerprint density at radius 2 is 1.70 bits per heavy atom. The van der Waals surface area contributed by atoms with E-state index < -0.39 is 0 Å². The zero-order valence-electron chi connectivity index (χ0n) is 14.0. The molecule has 0 radical (unpaired) electrons. The van der Waals surface area contributed by atoms with Gasteiger partial charge in [-0.05, 0) is 32.1 Å². The fourth-order valence-corrected chi connectivity index (χ4v) is 4.19. The number of hydrogen-bond donors (Lipinski definition) is 0. The molecule has 3 fully saturated rings. The molecule has 0 saturated carbocycles. The van der Waals surface area contributed by atoms with Crippen molar-refractivity contribution in [3.63, 3.8) is 0 Å². The Balaban J connectivity index is 1.56. The van der Waals surface area contributed by atoms with Gasteiger partial charge < -0.3 is 14.7 Å². The lowest BCUT2D eigenvalue weighted by molar-refractivity contribution is -0.145. The number of rotatable bonds is 4. The predicted octanol–water partition coefficient (Wildman–Crippen LogP) is 1.00. The minimum absolute atomic E-state index is 0.0916. The van der Waals surface area contributed by atoms with Gasteiger partial charge in [-0.1, -0.05) is 6.92 Å². The molecule has 0 bridgehead atoms. The van der Waals surface area contributed by atoms with E-state index in [1.54, 1.807) is 4.90 Å². The van der Waals surface area contributed by atoms with E-state index in [0.29, 0.717) is 44.9 Å². The molecule has 3 rings (SSSR count). The molecule has 0 aromatic rings. The molecule has 3 aliphatic heterocycles. The van der Waals surface area contributed by atoms with Gasteiger partial charge >= 0.3 is 0 Å². The van der Waals surface area contributed by atoms with Gasteiger partial charge in [0.1, 0.15) is 6.04 Å². The molecule has 0 N–H and O–H groups in total. The molecule has 3 amide bonds. The van der Waals surface area contributed by atoms with Crippen LogP contribution in [0.3, 0.4) is 0 Å². The maximum absolute atomic E-state index is 12.8. The van der Waals surface area contributed by atoms with Crippen molar-refractivity contribution >= 4 is 17.7 Å². The Hall–Kier alpha value is -1.59. The number of hydrogen-bond acceptors (Lipinski definition) is 3. The van der Waals surface area contributed by atoms with E-state index >= 15 is 0 Å². The second-order valence-corrected chi connectivity index (χ2v) is 6.86. The lowest BCUT2D eigenvalue weighted by atomic mass is 10.0. The Bertz CT molecular complexity index is 485. The van der Waals surface area contributed by atoms with Gasteiger partial charge in [0.2, 0.25) is 17.7 Å². The van der Waals surface area contributed by atoms with E-state index in [1.165, 1.54) is 0 Å². The summed E-state index contributed by atoms with van der Waals surface area (Å²) in [5.74, 6) is 0.473. The van der Waals surface area contributed by atoms with Crippen LogP contribution in [0, 0.1) is 0 Å². The monoisotopic (exact) mass is 321 g/mol. The Kier molecular flexibility index (Phi) is 4.87. The molecule has 0 aromatic carbocycles. The zero-order valence-corrected chi connectivity index (χ0v) is 14.0. The van der Waals surface area contributed by atoms with Crippen LogP contribution in [0.4, 0.5) is 0 Å². The van der Waals surface area contributed by atoms with Gasteiger partial charge in [-0.2, -0.15) is 0 Å². The van der Waals surface area contributed by atoms with Crippen LogP contribution >= 0.6 is 0 Å². The smallest absolute Gasteiger partial charge is 0.245 e. The first-order valence-electron chi connectivity index (χ1n) is 8.99. The van der Waals surface area contributed by atoms with Gasteiger partial charge in [0.15, 0.2) is 0 Å². The molecule has 6 nitrogen and oxygen atoms in total. The summed E-state index contributed by atoms with van der Waals surface area (Å²) in [4.78, 5) is 42.3. The van der Waals surface area contributed by atoms with Crippen molar-refractivity contribution in [2.75, 3.05) is 26.2 Å². The summed E-state index contributed by atoms with van der Waals surface area (Å²) in [6.07, 6.45) is 5.48. The molecule has 128 valence electrons. The number of amides is 3. The first-order valence-corrected chi connectivity index (χ1v) is 8.99. The summed E-state index contributed by atoms with van der Waals surface area (Å²) in [5.41, 5.74) is 0. The van der Waals surface area contributed by atoms with Crippen LogP contribution in [0.25, 0.3) is 0 Å². The van der Waals surface area contributed by atoms with E-state index in [1.807, 2.05) is 16.7 Å². The van der Waals surface area contributed by atoms with E-state index in [4.69, 9.17) is 0 Å². The summed E-state index contributed by atoms with van der Waals surface area (Å²) >= 11 is 0. The normalized spacial score (nSPS) is 24.7. The highest BCUT2D eigenvalue weighted by molar-refractivity contribution is 5.88. The highest BCUT2D eigenvalue weighted by Gasteiger charge is 2.37. The van der Waals surface area contributed by atoms with Gasteiger partial charge in [-0.15, -0.1) is 0 Å². The van der Waals surface area contributed by atoms with Crippen molar-refractivity contribution < 1.29 is 14.4 Å². The molecule has 0 aliphatic carbocycles. The van der Waals surface area contributed by atoms with Crippen molar-refractivity contribution in [3.05, 3.63) is 0 Å². The average Bonchev–Trinajstić information content (AvgIpc) is 3.17. The van der Waals surface area contributed by atoms with Crippen molar-refractivity contribution in [1.82, 2.24) is 14.7 Å². The van der Waals surface area contributed by atoms with Crippen molar-refractivity contribution in [2.24, 2.45) is 0 Å². The molecular weight excluding hydrogens is 294 g/mol. The SMILES string of the molecule is CCC(C(=O)N1CCC(N2CCCC2=O)CC1)N1CCCC1=O. The van der Waals surface area contributed by atoms with E-state index in [2.05, 4.69) is 0 Å². The molecule has 0 spiro atoms. The third-order valence-corrected chi connectivity index (χ3v) is 5.48. The third kappa shape index (κ3) is 3.21. The summed E-state index contributed by atoms with van der Waals surface area (Å²) in [6.45, 7) is 4.96. The molecule has 3 heterocycles. The fourth-order valence-electron chi connectivity index (χ4n) is 4.19. The predicted molar refractivity (Wildman–Crippen MR) is 85.6 cm³/mol. The van der Waals surface area contributed by atoms with Crippen LogP contribution < -0.4 is 0 Å². The number of piperidine rings is 1. The van der Waals surface area contributed by atoms with Crippen molar-refractivity contribution in [3.8, 4) is 0 Å². The Morgan fingerprint density at radius 1 is 1.04 bits per heavy atom. The highest BCUT2D eigenvalue weighted by atomic mass is 16.2. The molecule has 1 atom stereocenters. The van der Waals surface area contributed by atoms with Gasteiger partial charge in [-0.25, -0.2) is 0 Å². The molecule has 23 heavy (non-hydrogen) atoms. The van der Waals surface area contributed by atoms with E-state index in [-0.39, 0.29) is 23.8 Å². The number of carbonyl (C=O) groups is 3. The molecule has 3 saturated heterocycles. The van der Waals surface area contributed by atoms with Crippen LogP contribution in [-0.2, 0) is 14.4 Å². The zero-order chi connectivity index (χ0) is 16.4. The van der Waals surface area contributed by atoms with Crippen molar-refractivity contribution in [2.45, 2.75) is 64.0 Å². The highest BCUT2D eigenvalue weighted by Crippen LogP contribution is 2.24. The summed E-state index contributed by atoms with van der Waals surface area (Å²) < 4.78 is 0. The minimum atomic E-state index is -0.296. The Morgan fingerprint density at radius 3 is 2.22 bits per heavy atom. The fraction of sp³-hybridized carbons (Fsp3) is 0.824. The van der Waals surface area contributed by atoms with Crippen LogP contribution in [0.5, 0.6) is 0 Å². The largest absolute Gasteiger partial charge is 0.341 e. The number of likely N-dealkylation sites (tertiary alicyclic amines) is 3. The first kappa shape index (κ1) is 16.3. The molecule has 0 aromatic heterocycles. The topological polar surface area (TPSA) is 60.9 Å². The minimum Gasteiger partial charge on any atom is -0.341 e. The third-order valence-electron chi connectivity index (χ3n) is 5.48. The van der Waals surface area contributed by atoms with Gasteiger partial charge in [0.25, 0.3) is 0 Å². The standard InChI is InChI=1S/C17H27N3O3/c1-2-14(20-10-4-6-16(20)22)17(23)18-11-7-13(8-12-18)19-9-3-5-15(19)21/h13-14H,2-12H2,1H3. The first-order chi connectivity index (χ1) is 11.1. The van der Waals surface area contributed by atoms with E-state index in [9.17, 15) is 14.4 Å². The van der Waals surface area contributed by atoms with Crippen LogP contribution in [0.2, 0.25) is 0 Å². The number of nitrogens with zero attached hydrogens (tertiary/aromatic N) is 3. The lowest BCUT2D eigenvalue weighted by Gasteiger charge is -2.39. The molecular formula is C17H27N3O3. The van der Waals surface area contributed by atoms with Gasteiger partial charge in [0, 0.05) is 45.1 Å². The van der Waals surface area contributed by atoms with Crippen LogP contribution in [0.1, 0.15) is 51.9 Å².